The predicted molar refractivity (Wildman–Crippen MR) is 142 cm³/mol. The highest BCUT2D eigenvalue weighted by Gasteiger charge is 2.71. The Hall–Kier alpha value is -1.16. The van der Waals surface area contributed by atoms with E-state index < -0.39 is 0 Å². The first-order valence-corrected chi connectivity index (χ1v) is 14.7. The summed E-state index contributed by atoms with van der Waals surface area (Å²) < 4.78 is 5.75. The predicted octanol–water partition coefficient (Wildman–Crippen LogP) is 6.75. The van der Waals surface area contributed by atoms with E-state index in [1.807, 2.05) is 0 Å². The van der Waals surface area contributed by atoms with Gasteiger partial charge in [0.1, 0.15) is 5.78 Å². The van der Waals surface area contributed by atoms with Crippen LogP contribution < -0.4 is 0 Å². The standard InChI is InChI=1S/C32H50O4/c1-20(18-33)22-10-15-32(19-36-21(2)34)17-16-30(6)23(27(22)32)8-9-25-29(5)13-12-26(35)28(3,4)24(29)11-14-31(25,30)7/h22-25,27,33H,1,8-19H2,2-7H3/t22-,23?,24?,25?,27?,29-,30+,31+,32+/m0/s1. The number of ether oxygens (including phenoxy) is 1. The monoisotopic (exact) mass is 498 g/mol. The summed E-state index contributed by atoms with van der Waals surface area (Å²) in [4.78, 5) is 24.8. The van der Waals surface area contributed by atoms with Gasteiger partial charge in [-0.3, -0.25) is 9.59 Å². The first-order valence-electron chi connectivity index (χ1n) is 14.7. The van der Waals surface area contributed by atoms with E-state index in [2.05, 4.69) is 41.2 Å². The number of ketones is 1. The maximum absolute atomic E-state index is 13.0. The van der Waals surface area contributed by atoms with Crippen molar-refractivity contribution >= 4 is 11.8 Å². The van der Waals surface area contributed by atoms with E-state index in [-0.39, 0.29) is 39.7 Å². The number of rotatable bonds is 4. The summed E-state index contributed by atoms with van der Waals surface area (Å²) in [6.45, 7) is 18.6. The van der Waals surface area contributed by atoms with E-state index in [4.69, 9.17) is 4.74 Å². The van der Waals surface area contributed by atoms with Gasteiger partial charge < -0.3 is 9.84 Å². The lowest BCUT2D eigenvalue weighted by molar-refractivity contribution is -0.237. The summed E-state index contributed by atoms with van der Waals surface area (Å²) in [5, 5.41) is 10.1. The van der Waals surface area contributed by atoms with Crippen molar-refractivity contribution in [1.82, 2.24) is 0 Å². The van der Waals surface area contributed by atoms with E-state index in [0.29, 0.717) is 42.0 Å². The smallest absolute Gasteiger partial charge is 0.302 e. The van der Waals surface area contributed by atoms with Crippen LogP contribution in [0.25, 0.3) is 0 Å². The Kier molecular flexibility index (Phi) is 6.18. The van der Waals surface area contributed by atoms with Gasteiger partial charge in [-0.25, -0.2) is 0 Å². The molecule has 36 heavy (non-hydrogen) atoms. The molecule has 202 valence electrons. The van der Waals surface area contributed by atoms with Crippen molar-refractivity contribution in [2.75, 3.05) is 13.2 Å². The third-order valence-corrected chi connectivity index (χ3v) is 13.6. The minimum atomic E-state index is -0.215. The zero-order chi connectivity index (χ0) is 26.3. The first kappa shape index (κ1) is 26.4. The Labute approximate surface area is 219 Å². The molecule has 5 rings (SSSR count). The lowest BCUT2D eigenvalue weighted by atomic mass is 9.32. The van der Waals surface area contributed by atoms with Crippen LogP contribution in [0.4, 0.5) is 0 Å². The summed E-state index contributed by atoms with van der Waals surface area (Å²) in [6.07, 6.45) is 11.0. The number of aliphatic hydroxyl groups excluding tert-OH is 1. The van der Waals surface area contributed by atoms with Gasteiger partial charge in [0.05, 0.1) is 13.2 Å². The quantitative estimate of drug-likeness (QED) is 0.344. The zero-order valence-corrected chi connectivity index (χ0v) is 23.8. The van der Waals surface area contributed by atoms with Gasteiger partial charge in [-0.05, 0) is 109 Å². The zero-order valence-electron chi connectivity index (χ0n) is 23.8. The molecule has 0 aliphatic heterocycles. The van der Waals surface area contributed by atoms with Crippen molar-refractivity contribution in [3.63, 3.8) is 0 Å². The molecule has 0 bridgehead atoms. The van der Waals surface area contributed by atoms with E-state index >= 15 is 0 Å². The van der Waals surface area contributed by atoms with Crippen molar-refractivity contribution in [2.24, 2.45) is 56.7 Å². The molecule has 0 radical (unpaired) electrons. The van der Waals surface area contributed by atoms with Crippen molar-refractivity contribution in [3.05, 3.63) is 12.2 Å². The lowest BCUT2D eigenvalue weighted by Gasteiger charge is -2.72. The van der Waals surface area contributed by atoms with Gasteiger partial charge >= 0.3 is 5.97 Å². The highest BCUT2D eigenvalue weighted by molar-refractivity contribution is 5.85. The molecule has 5 aliphatic rings. The second-order valence-corrected chi connectivity index (χ2v) is 14.9. The van der Waals surface area contributed by atoms with E-state index in [9.17, 15) is 14.7 Å². The molecule has 5 aliphatic carbocycles. The van der Waals surface area contributed by atoms with Crippen LogP contribution in [-0.2, 0) is 14.3 Å². The van der Waals surface area contributed by atoms with Gasteiger partial charge in [0.2, 0.25) is 0 Å². The molecule has 0 aromatic heterocycles. The molecule has 9 atom stereocenters. The Balaban J connectivity index is 1.53. The normalized spacial score (nSPS) is 49.3. The van der Waals surface area contributed by atoms with Crippen LogP contribution in [0.1, 0.15) is 106 Å². The van der Waals surface area contributed by atoms with Crippen LogP contribution in [-0.4, -0.2) is 30.1 Å². The molecule has 0 saturated heterocycles. The molecule has 4 heteroatoms. The summed E-state index contributed by atoms with van der Waals surface area (Å²) >= 11 is 0. The molecule has 0 spiro atoms. The van der Waals surface area contributed by atoms with Crippen LogP contribution in [0.15, 0.2) is 12.2 Å². The Morgan fingerprint density at radius 1 is 0.944 bits per heavy atom. The molecule has 5 saturated carbocycles. The molecule has 1 N–H and O–H groups in total. The average molecular weight is 499 g/mol. The fourth-order valence-electron chi connectivity index (χ4n) is 11.6. The van der Waals surface area contributed by atoms with Gasteiger partial charge in [-0.15, -0.1) is 0 Å². The minimum Gasteiger partial charge on any atom is -0.465 e. The van der Waals surface area contributed by atoms with Gasteiger partial charge in [0, 0.05) is 24.2 Å². The van der Waals surface area contributed by atoms with Crippen LogP contribution in [0.2, 0.25) is 0 Å². The summed E-state index contributed by atoms with van der Waals surface area (Å²) in [7, 11) is 0. The first-order chi connectivity index (χ1) is 16.8. The maximum Gasteiger partial charge on any atom is 0.302 e. The van der Waals surface area contributed by atoms with Gasteiger partial charge in [-0.1, -0.05) is 41.2 Å². The maximum atomic E-state index is 13.0. The number of hydrogen-bond donors (Lipinski definition) is 1. The number of fused-ring (bicyclic) bond motifs is 7. The highest BCUT2D eigenvalue weighted by Crippen LogP contribution is 2.77. The summed E-state index contributed by atoms with van der Waals surface area (Å²) in [5.74, 6) is 2.69. The van der Waals surface area contributed by atoms with Gasteiger partial charge in [-0.2, -0.15) is 0 Å². The number of aliphatic hydroxyl groups is 1. The summed E-state index contributed by atoms with van der Waals surface area (Å²) in [5.41, 5.74) is 1.44. The molecule has 5 fully saturated rings. The number of esters is 1. The molecule has 4 nitrogen and oxygen atoms in total. The Bertz CT molecular complexity index is 952. The van der Waals surface area contributed by atoms with E-state index in [0.717, 1.165) is 44.1 Å². The number of hydrogen-bond acceptors (Lipinski definition) is 4. The fraction of sp³-hybridized carbons (Fsp3) is 0.875. The second-order valence-electron chi connectivity index (χ2n) is 14.9. The number of carbonyl (C=O) groups excluding carboxylic acids is 2. The Morgan fingerprint density at radius 2 is 1.67 bits per heavy atom. The van der Waals surface area contributed by atoms with Crippen LogP contribution in [0.3, 0.4) is 0 Å². The lowest BCUT2D eigenvalue weighted by Crippen LogP contribution is -2.66. The van der Waals surface area contributed by atoms with Gasteiger partial charge in [0.25, 0.3) is 0 Å². The molecule has 0 aromatic rings. The number of carbonyl (C=O) groups is 2. The SMILES string of the molecule is C=C(CO)[C@@H]1CC[C@]2(COC(C)=O)CC[C@]3(C)C(CCC4[C@@]5(C)CCC(=O)C(C)(C)C5CC[C@]43C)C12. The van der Waals surface area contributed by atoms with Crippen LogP contribution in [0, 0.1) is 56.7 Å². The topological polar surface area (TPSA) is 63.6 Å². The molecule has 4 unspecified atom stereocenters. The van der Waals surface area contributed by atoms with Crippen LogP contribution in [0.5, 0.6) is 0 Å². The average Bonchev–Trinajstić information content (AvgIpc) is 3.20. The molecule has 0 heterocycles. The molecule has 0 amide bonds. The third-order valence-electron chi connectivity index (χ3n) is 13.6. The van der Waals surface area contributed by atoms with E-state index in [1.165, 1.54) is 32.6 Å². The van der Waals surface area contributed by atoms with E-state index in [1.54, 1.807) is 0 Å². The van der Waals surface area contributed by atoms with Crippen LogP contribution >= 0.6 is 0 Å². The highest BCUT2D eigenvalue weighted by atomic mass is 16.5. The van der Waals surface area contributed by atoms with Crippen molar-refractivity contribution in [2.45, 2.75) is 106 Å². The van der Waals surface area contributed by atoms with Gasteiger partial charge in [0.15, 0.2) is 0 Å². The van der Waals surface area contributed by atoms with Crippen molar-refractivity contribution in [1.29, 1.82) is 0 Å². The third kappa shape index (κ3) is 3.34. The summed E-state index contributed by atoms with van der Waals surface area (Å²) in [6, 6.07) is 0. The Morgan fingerprint density at radius 3 is 2.33 bits per heavy atom. The van der Waals surface area contributed by atoms with Crippen molar-refractivity contribution < 1.29 is 19.4 Å². The number of Topliss-reactive ketones (excluding diaryl/α,β-unsaturated/α-hetero) is 1. The fourth-order valence-corrected chi connectivity index (χ4v) is 11.6. The molecular weight excluding hydrogens is 448 g/mol. The van der Waals surface area contributed by atoms with Crippen molar-refractivity contribution in [3.8, 4) is 0 Å². The second kappa shape index (κ2) is 8.42. The molecule has 0 aromatic carbocycles. The minimum absolute atomic E-state index is 0.0160. The molecular formula is C32H50O4. The largest absolute Gasteiger partial charge is 0.465 e.